The van der Waals surface area contributed by atoms with Gasteiger partial charge in [0.25, 0.3) is 0 Å². The predicted molar refractivity (Wildman–Crippen MR) is 87.7 cm³/mol. The van der Waals surface area contributed by atoms with Crippen molar-refractivity contribution in [3.63, 3.8) is 0 Å². The van der Waals surface area contributed by atoms with Crippen LogP contribution in [0.5, 0.6) is 0 Å². The molecule has 0 aromatic heterocycles. The number of benzene rings is 1. The molecule has 3 heteroatoms. The fourth-order valence-electron chi connectivity index (χ4n) is 2.97. The van der Waals surface area contributed by atoms with E-state index < -0.39 is 0 Å². The number of hydrogen-bond acceptors (Lipinski definition) is 2. The Hall–Kier alpha value is -0.570. The van der Waals surface area contributed by atoms with Crippen LogP contribution in [0.2, 0.25) is 5.02 Å². The molecule has 0 spiro atoms. The van der Waals surface area contributed by atoms with E-state index in [1.165, 1.54) is 31.2 Å². The lowest BCUT2D eigenvalue weighted by atomic mass is 9.73. The molecule has 0 aliphatic carbocycles. The van der Waals surface area contributed by atoms with Crippen molar-refractivity contribution in [3.8, 4) is 0 Å². The van der Waals surface area contributed by atoms with E-state index in [2.05, 4.69) is 37.4 Å². The van der Waals surface area contributed by atoms with Gasteiger partial charge in [-0.3, -0.25) is 0 Å². The Morgan fingerprint density at radius 2 is 1.90 bits per heavy atom. The predicted octanol–water partition coefficient (Wildman–Crippen LogP) is 4.41. The van der Waals surface area contributed by atoms with Crippen LogP contribution in [-0.4, -0.2) is 26.8 Å². The van der Waals surface area contributed by atoms with E-state index in [9.17, 15) is 0 Å². The van der Waals surface area contributed by atoms with Gasteiger partial charge in [0, 0.05) is 30.6 Å². The number of methoxy groups -OCH3 is 1. The van der Waals surface area contributed by atoms with E-state index in [0.717, 1.165) is 24.7 Å². The normalized spacial score (nSPS) is 11.8. The van der Waals surface area contributed by atoms with E-state index in [4.69, 9.17) is 16.3 Å². The molecule has 20 heavy (non-hydrogen) atoms. The van der Waals surface area contributed by atoms with Crippen molar-refractivity contribution >= 4 is 11.6 Å². The summed E-state index contributed by atoms with van der Waals surface area (Å²) >= 11 is 6.19. The van der Waals surface area contributed by atoms with Crippen molar-refractivity contribution in [3.05, 3.63) is 34.9 Å². The van der Waals surface area contributed by atoms with Crippen LogP contribution in [0.4, 0.5) is 0 Å². The molecule has 0 fully saturated rings. The molecule has 0 radical (unpaired) electrons. The molecule has 0 saturated heterocycles. The highest BCUT2D eigenvalue weighted by molar-refractivity contribution is 6.30. The highest BCUT2D eigenvalue weighted by Gasteiger charge is 2.30. The lowest BCUT2D eigenvalue weighted by molar-refractivity contribution is 0.195. The van der Waals surface area contributed by atoms with Crippen molar-refractivity contribution in [2.24, 2.45) is 0 Å². The van der Waals surface area contributed by atoms with Gasteiger partial charge in [-0.1, -0.05) is 50.4 Å². The Kier molecular flexibility index (Phi) is 8.20. The summed E-state index contributed by atoms with van der Waals surface area (Å²) < 4.78 is 5.12. The van der Waals surface area contributed by atoms with Crippen LogP contribution in [0.25, 0.3) is 0 Å². The molecule has 0 atom stereocenters. The van der Waals surface area contributed by atoms with Crippen LogP contribution in [0.1, 0.15) is 45.1 Å². The summed E-state index contributed by atoms with van der Waals surface area (Å²) in [6.07, 6.45) is 4.72. The van der Waals surface area contributed by atoms with Crippen LogP contribution in [0.3, 0.4) is 0 Å². The molecule has 1 N–H and O–H groups in total. The minimum absolute atomic E-state index is 0.183. The Bertz CT molecular complexity index is 375. The SMILES string of the molecule is CCCC(CCC)(CNCCOC)c1cccc(Cl)c1. The van der Waals surface area contributed by atoms with Crippen LogP contribution in [-0.2, 0) is 10.2 Å². The van der Waals surface area contributed by atoms with Gasteiger partial charge in [0.1, 0.15) is 0 Å². The average Bonchev–Trinajstić information content (AvgIpc) is 2.44. The van der Waals surface area contributed by atoms with E-state index in [1.54, 1.807) is 7.11 Å². The molecule has 2 nitrogen and oxygen atoms in total. The summed E-state index contributed by atoms with van der Waals surface area (Å²) in [4.78, 5) is 0. The molecule has 1 rings (SSSR count). The maximum Gasteiger partial charge on any atom is 0.0587 e. The monoisotopic (exact) mass is 297 g/mol. The molecule has 114 valence electrons. The molecule has 1 aromatic carbocycles. The number of hydrogen-bond donors (Lipinski definition) is 1. The standard InChI is InChI=1S/C17H28ClNO/c1-4-9-17(10-5-2,14-19-11-12-20-3)15-7-6-8-16(18)13-15/h6-8,13,19H,4-5,9-12,14H2,1-3H3. The third-order valence-corrected chi connectivity index (χ3v) is 4.08. The summed E-state index contributed by atoms with van der Waals surface area (Å²) in [7, 11) is 1.74. The first-order valence-corrected chi connectivity index (χ1v) is 8.02. The van der Waals surface area contributed by atoms with Crippen molar-refractivity contribution in [1.82, 2.24) is 5.32 Å². The summed E-state index contributed by atoms with van der Waals surface area (Å²) in [5.74, 6) is 0. The fraction of sp³-hybridized carbons (Fsp3) is 0.647. The quantitative estimate of drug-likeness (QED) is 0.646. The van der Waals surface area contributed by atoms with E-state index in [1.807, 2.05) is 6.07 Å². The Balaban J connectivity index is 2.91. The van der Waals surface area contributed by atoms with Crippen LogP contribution < -0.4 is 5.32 Å². The summed E-state index contributed by atoms with van der Waals surface area (Å²) in [6.45, 7) is 7.14. The molecule has 0 unspecified atom stereocenters. The number of halogens is 1. The summed E-state index contributed by atoms with van der Waals surface area (Å²) in [6, 6.07) is 8.36. The van der Waals surface area contributed by atoms with Gasteiger partial charge in [-0.15, -0.1) is 0 Å². The third kappa shape index (κ3) is 5.08. The lowest BCUT2D eigenvalue weighted by Crippen LogP contribution is -2.39. The Morgan fingerprint density at radius 3 is 2.45 bits per heavy atom. The van der Waals surface area contributed by atoms with Crippen molar-refractivity contribution in [2.75, 3.05) is 26.8 Å². The third-order valence-electron chi connectivity index (χ3n) is 3.84. The van der Waals surface area contributed by atoms with E-state index >= 15 is 0 Å². The topological polar surface area (TPSA) is 21.3 Å². The second-order valence-electron chi connectivity index (χ2n) is 5.46. The van der Waals surface area contributed by atoms with Gasteiger partial charge in [0.15, 0.2) is 0 Å². The highest BCUT2D eigenvalue weighted by Crippen LogP contribution is 2.35. The zero-order valence-electron chi connectivity index (χ0n) is 13.0. The van der Waals surface area contributed by atoms with Gasteiger partial charge in [-0.05, 0) is 30.5 Å². The summed E-state index contributed by atoms with van der Waals surface area (Å²) in [5.41, 5.74) is 1.54. The molecule has 0 amide bonds. The van der Waals surface area contributed by atoms with Gasteiger partial charge in [-0.25, -0.2) is 0 Å². The first kappa shape index (κ1) is 17.5. The Labute approximate surface area is 128 Å². The second-order valence-corrected chi connectivity index (χ2v) is 5.90. The van der Waals surface area contributed by atoms with Gasteiger partial charge in [0.2, 0.25) is 0 Å². The van der Waals surface area contributed by atoms with Gasteiger partial charge < -0.3 is 10.1 Å². The van der Waals surface area contributed by atoms with Crippen molar-refractivity contribution in [1.29, 1.82) is 0 Å². The number of nitrogens with one attached hydrogen (secondary N) is 1. The van der Waals surface area contributed by atoms with Crippen molar-refractivity contribution in [2.45, 2.75) is 44.9 Å². The second kappa shape index (κ2) is 9.38. The van der Waals surface area contributed by atoms with Gasteiger partial charge >= 0.3 is 0 Å². The smallest absolute Gasteiger partial charge is 0.0587 e. The van der Waals surface area contributed by atoms with Gasteiger partial charge in [0.05, 0.1) is 6.61 Å². The zero-order valence-corrected chi connectivity index (χ0v) is 13.8. The molecule has 0 aliphatic rings. The van der Waals surface area contributed by atoms with Crippen LogP contribution in [0, 0.1) is 0 Å². The first-order chi connectivity index (χ1) is 9.68. The van der Waals surface area contributed by atoms with E-state index in [-0.39, 0.29) is 5.41 Å². The maximum atomic E-state index is 6.19. The largest absolute Gasteiger partial charge is 0.383 e. The number of rotatable bonds is 10. The first-order valence-electron chi connectivity index (χ1n) is 7.64. The van der Waals surface area contributed by atoms with Crippen LogP contribution >= 0.6 is 11.6 Å². The fourth-order valence-corrected chi connectivity index (χ4v) is 3.16. The minimum atomic E-state index is 0.183. The van der Waals surface area contributed by atoms with Crippen LogP contribution in [0.15, 0.2) is 24.3 Å². The molecule has 0 heterocycles. The molecule has 0 bridgehead atoms. The minimum Gasteiger partial charge on any atom is -0.383 e. The van der Waals surface area contributed by atoms with E-state index in [0.29, 0.717) is 0 Å². The lowest BCUT2D eigenvalue weighted by Gasteiger charge is -2.35. The highest BCUT2D eigenvalue weighted by atomic mass is 35.5. The molecule has 0 saturated carbocycles. The molecule has 0 aliphatic heterocycles. The molecular formula is C17H28ClNO. The van der Waals surface area contributed by atoms with Gasteiger partial charge in [-0.2, -0.15) is 0 Å². The average molecular weight is 298 g/mol. The molecular weight excluding hydrogens is 270 g/mol. The zero-order chi connectivity index (χ0) is 14.8. The molecule has 1 aromatic rings. The summed E-state index contributed by atoms with van der Waals surface area (Å²) in [5, 5.41) is 4.38. The number of ether oxygens (including phenoxy) is 1. The Morgan fingerprint density at radius 1 is 1.20 bits per heavy atom. The maximum absolute atomic E-state index is 6.19. The van der Waals surface area contributed by atoms with Crippen molar-refractivity contribution < 1.29 is 4.74 Å².